The van der Waals surface area contributed by atoms with Crippen LogP contribution >= 0.6 is 0 Å². The number of nitrogens with zero attached hydrogens (tertiary/aromatic N) is 3. The van der Waals surface area contributed by atoms with Crippen LogP contribution in [0, 0.1) is 29.8 Å². The molecule has 1 aliphatic carbocycles. The third kappa shape index (κ3) is 8.42. The number of hydrogen-bond donors (Lipinski definition) is 0. The Kier molecular flexibility index (Phi) is 10.9. The number of hydrogen-bond acceptors (Lipinski definition) is 3. The van der Waals surface area contributed by atoms with Crippen LogP contribution in [0.25, 0.3) is 82.8 Å². The molecule has 3 heterocycles. The normalized spacial score (nSPS) is 16.5. The van der Waals surface area contributed by atoms with E-state index in [-0.39, 0.29) is 36.5 Å². The van der Waals surface area contributed by atoms with E-state index in [0.29, 0.717) is 47.1 Å². The molecule has 0 atom stereocenters. The van der Waals surface area contributed by atoms with Gasteiger partial charge >= 0.3 is 0 Å². The third-order valence-corrected chi connectivity index (χ3v) is 13.3. The number of benzene rings is 7. The SMILES string of the molecule is CC(C)c1cccc(C(C)C)c1-n1c(-c2[c-]cccc2)nc2ccccc21.[2H]C([2H])([2H])c1cnc(-c2[c-]ccc3c2oc2cc4c(ccc5ccccc54)cc23)cc1C1([2H])CC(C)(C)CC(C)(C)C1.[Ir]. The van der Waals surface area contributed by atoms with Crippen molar-refractivity contribution in [3.05, 3.63) is 174 Å². The molecule has 4 nitrogen and oxygen atoms in total. The van der Waals surface area contributed by atoms with Gasteiger partial charge in [-0.1, -0.05) is 139 Å². The Hall–Kier alpha value is -5.87. The molecule has 1 saturated carbocycles. The summed E-state index contributed by atoms with van der Waals surface area (Å²) in [6.07, 6.45) is 3.60. The summed E-state index contributed by atoms with van der Waals surface area (Å²) in [5.74, 6) is 0.736. The van der Waals surface area contributed by atoms with Crippen molar-refractivity contribution in [2.75, 3.05) is 0 Å². The van der Waals surface area contributed by atoms with Gasteiger partial charge in [-0.3, -0.25) is 4.98 Å². The molecule has 1 aliphatic rings. The molecule has 0 saturated heterocycles. The molecule has 0 N–H and O–H groups in total. The van der Waals surface area contributed by atoms with Gasteiger partial charge in [0.2, 0.25) is 0 Å². The summed E-state index contributed by atoms with van der Waals surface area (Å²) in [6.45, 7) is 15.4. The van der Waals surface area contributed by atoms with E-state index >= 15 is 0 Å². The molecule has 11 rings (SSSR count). The predicted octanol–water partition coefficient (Wildman–Crippen LogP) is 17.1. The van der Waals surface area contributed by atoms with Gasteiger partial charge in [-0.15, -0.1) is 54.1 Å². The van der Waals surface area contributed by atoms with E-state index in [4.69, 9.17) is 13.5 Å². The number of para-hydroxylation sites is 3. The molecule has 0 unspecified atom stereocenters. The number of aryl methyl sites for hydroxylation is 1. The van der Waals surface area contributed by atoms with Crippen LogP contribution < -0.4 is 0 Å². The smallest absolute Gasteiger partial charge is 0.121 e. The fourth-order valence-electron chi connectivity index (χ4n) is 10.9. The second-order valence-electron chi connectivity index (χ2n) is 20.3. The zero-order valence-corrected chi connectivity index (χ0v) is 41.5. The summed E-state index contributed by atoms with van der Waals surface area (Å²) in [6, 6.07) is 52.5. The van der Waals surface area contributed by atoms with Crippen molar-refractivity contribution in [2.45, 2.75) is 99.2 Å². The number of imidazole rings is 1. The van der Waals surface area contributed by atoms with Crippen molar-refractivity contribution in [1.82, 2.24) is 14.5 Å². The van der Waals surface area contributed by atoms with Crippen LogP contribution in [0.15, 0.2) is 144 Å². The largest absolute Gasteiger partial charge is 0.501 e. The summed E-state index contributed by atoms with van der Waals surface area (Å²) < 4.78 is 43.5. The molecule has 66 heavy (non-hydrogen) atoms. The molecule has 335 valence electrons. The number of pyridine rings is 1. The summed E-state index contributed by atoms with van der Waals surface area (Å²) in [4.78, 5) is 9.65. The number of rotatable bonds is 6. The minimum absolute atomic E-state index is 0. The summed E-state index contributed by atoms with van der Waals surface area (Å²) in [7, 11) is 0. The van der Waals surface area contributed by atoms with Crippen molar-refractivity contribution in [3.8, 4) is 28.3 Å². The maximum Gasteiger partial charge on any atom is 0.121 e. The van der Waals surface area contributed by atoms with Crippen LogP contribution in [0.4, 0.5) is 0 Å². The van der Waals surface area contributed by atoms with Gasteiger partial charge in [-0.25, -0.2) is 0 Å². The van der Waals surface area contributed by atoms with E-state index in [1.54, 1.807) is 0 Å². The Bertz CT molecular complexity index is 3520. The van der Waals surface area contributed by atoms with Gasteiger partial charge in [0, 0.05) is 42.9 Å². The summed E-state index contributed by atoms with van der Waals surface area (Å²) in [5.41, 5.74) is 10.3. The van der Waals surface area contributed by atoms with Crippen molar-refractivity contribution in [3.63, 3.8) is 0 Å². The Morgan fingerprint density at radius 3 is 2.15 bits per heavy atom. The van der Waals surface area contributed by atoms with E-state index in [0.717, 1.165) is 56.0 Å². The van der Waals surface area contributed by atoms with Crippen LogP contribution in [-0.4, -0.2) is 14.5 Å². The zero-order valence-electron chi connectivity index (χ0n) is 43.1. The molecule has 1 fully saturated rings. The molecular formula is C61H59IrN3O-2. The topological polar surface area (TPSA) is 43.9 Å². The minimum atomic E-state index is -2.38. The molecule has 10 aromatic rings. The monoisotopic (exact) mass is 1050 g/mol. The number of aromatic nitrogens is 3. The van der Waals surface area contributed by atoms with Crippen LogP contribution in [0.3, 0.4) is 0 Å². The van der Waals surface area contributed by atoms with Crippen LogP contribution in [-0.2, 0) is 20.1 Å². The average Bonchev–Trinajstić information content (AvgIpc) is 3.88. The van der Waals surface area contributed by atoms with Gasteiger partial charge < -0.3 is 14.0 Å². The van der Waals surface area contributed by atoms with Crippen molar-refractivity contribution < 1.29 is 30.0 Å². The quantitative estimate of drug-likeness (QED) is 0.123. The van der Waals surface area contributed by atoms with E-state index < -0.39 is 12.7 Å². The third-order valence-electron chi connectivity index (χ3n) is 13.3. The number of fused-ring (bicyclic) bond motifs is 7. The van der Waals surface area contributed by atoms with Gasteiger partial charge in [0.05, 0.1) is 22.4 Å². The number of furan rings is 1. The first kappa shape index (κ1) is 40.4. The van der Waals surface area contributed by atoms with Crippen LogP contribution in [0.2, 0.25) is 0 Å². The molecule has 0 aliphatic heterocycles. The first-order chi connectivity index (χ1) is 32.8. The second-order valence-corrected chi connectivity index (χ2v) is 20.3. The Morgan fingerprint density at radius 2 is 1.42 bits per heavy atom. The van der Waals surface area contributed by atoms with Gasteiger partial charge in [-0.2, -0.15) is 0 Å². The first-order valence-electron chi connectivity index (χ1n) is 25.1. The second kappa shape index (κ2) is 17.7. The Labute approximate surface area is 409 Å². The molecule has 0 bridgehead atoms. The minimum Gasteiger partial charge on any atom is -0.501 e. The van der Waals surface area contributed by atoms with Crippen molar-refractivity contribution in [2.24, 2.45) is 10.8 Å². The molecule has 0 spiro atoms. The van der Waals surface area contributed by atoms with E-state index in [9.17, 15) is 1.37 Å². The molecule has 1 radical (unpaired) electrons. The zero-order chi connectivity index (χ0) is 48.6. The fraction of sp³-hybridized carbons (Fsp3) is 0.279. The van der Waals surface area contributed by atoms with Gasteiger partial charge in [0.25, 0.3) is 0 Å². The predicted molar refractivity (Wildman–Crippen MR) is 273 cm³/mol. The summed E-state index contributed by atoms with van der Waals surface area (Å²) in [5, 5.41) is 6.59. The molecule has 3 aromatic heterocycles. The van der Waals surface area contributed by atoms with Gasteiger partial charge in [0.15, 0.2) is 0 Å². The van der Waals surface area contributed by atoms with Gasteiger partial charge in [0.1, 0.15) is 5.58 Å². The van der Waals surface area contributed by atoms with Crippen molar-refractivity contribution >= 4 is 54.5 Å². The van der Waals surface area contributed by atoms with Crippen LogP contribution in [0.1, 0.15) is 120 Å². The summed E-state index contributed by atoms with van der Waals surface area (Å²) >= 11 is 0. The molecular weight excluding hydrogens is 983 g/mol. The van der Waals surface area contributed by atoms with E-state index in [1.807, 2.05) is 42.5 Å². The van der Waals surface area contributed by atoms with Gasteiger partial charge in [-0.05, 0) is 128 Å². The van der Waals surface area contributed by atoms with E-state index in [1.165, 1.54) is 33.8 Å². The standard InChI is InChI=1S/C36H34NO.C25H25N2.Ir/c1-22-20-37-32(16-29(22)25-18-35(2,3)21-36(4,5)19-25)28-12-8-11-27-31-15-24-14-13-23-9-6-7-10-26(23)30(24)17-33(31)38-34(27)28;1-17(2)20-13-10-14-21(18(3)4)24(20)27-23-16-9-8-15-22(23)26-25(27)19-11-6-5-7-12-19;/h6-11,13-17,20,25H,18-19,21H2,1-5H3;5-11,13-18H,1-4H3;/q2*-1;/i1D3,25D;;. The Balaban J connectivity index is 0.000000188. The average molecular weight is 1050 g/mol. The maximum absolute atomic E-state index is 9.74. The van der Waals surface area contributed by atoms with E-state index in [2.05, 4.69) is 168 Å². The molecule has 7 aromatic carbocycles. The maximum atomic E-state index is 9.74. The first-order valence-corrected chi connectivity index (χ1v) is 23.1. The molecule has 5 heteroatoms. The Morgan fingerprint density at radius 1 is 0.712 bits per heavy atom. The fourth-order valence-corrected chi connectivity index (χ4v) is 10.9. The molecule has 0 amide bonds. The van der Waals surface area contributed by atoms with Crippen LogP contribution in [0.5, 0.6) is 0 Å². The van der Waals surface area contributed by atoms with Crippen molar-refractivity contribution in [1.29, 1.82) is 0 Å².